The molecule has 0 saturated heterocycles. The Labute approximate surface area is 114 Å². The Morgan fingerprint density at radius 3 is 2.10 bits per heavy atom. The number of carbonyl (C=O) groups is 2. The number of carboxylic acids is 1. The van der Waals surface area contributed by atoms with E-state index in [0.29, 0.717) is 31.7 Å². The first-order valence-electron chi connectivity index (χ1n) is 6.45. The molecule has 0 bridgehead atoms. The zero-order valence-corrected chi connectivity index (χ0v) is 10.7. The van der Waals surface area contributed by atoms with Gasteiger partial charge in [-0.3, -0.25) is 9.59 Å². The van der Waals surface area contributed by atoms with Gasteiger partial charge in [0.25, 0.3) is 5.91 Å². The van der Waals surface area contributed by atoms with Gasteiger partial charge in [-0.05, 0) is 37.8 Å². The highest BCUT2D eigenvalue weighted by atomic mass is 19.1. The van der Waals surface area contributed by atoms with E-state index < -0.39 is 23.5 Å². The maximum absolute atomic E-state index is 13.0. The van der Waals surface area contributed by atoms with Crippen molar-refractivity contribution >= 4 is 11.9 Å². The average Bonchev–Trinajstić information content (AvgIpc) is 2.38. The van der Waals surface area contributed by atoms with E-state index in [1.807, 2.05) is 0 Å². The van der Waals surface area contributed by atoms with Crippen molar-refractivity contribution in [1.29, 1.82) is 0 Å². The Balaban J connectivity index is 1.94. The predicted molar refractivity (Wildman–Crippen MR) is 67.2 cm³/mol. The molecule has 20 heavy (non-hydrogen) atoms. The fraction of sp³-hybridized carbons (Fsp3) is 0.429. The summed E-state index contributed by atoms with van der Waals surface area (Å²) in [7, 11) is 0. The van der Waals surface area contributed by atoms with Crippen molar-refractivity contribution in [3.63, 3.8) is 0 Å². The lowest BCUT2D eigenvalue weighted by molar-refractivity contribution is -0.142. The molecule has 0 unspecified atom stereocenters. The number of rotatable bonds is 3. The Kier molecular flexibility index (Phi) is 4.32. The molecular weight excluding hydrogens is 268 g/mol. The molecule has 0 aromatic heterocycles. The van der Waals surface area contributed by atoms with Crippen LogP contribution in [-0.4, -0.2) is 23.0 Å². The number of amides is 1. The van der Waals surface area contributed by atoms with Gasteiger partial charge >= 0.3 is 5.97 Å². The van der Waals surface area contributed by atoms with Crippen LogP contribution in [0.2, 0.25) is 0 Å². The van der Waals surface area contributed by atoms with Gasteiger partial charge in [0.1, 0.15) is 11.6 Å². The van der Waals surface area contributed by atoms with Gasteiger partial charge in [-0.15, -0.1) is 0 Å². The van der Waals surface area contributed by atoms with E-state index in [1.165, 1.54) is 0 Å². The molecule has 1 aromatic carbocycles. The maximum Gasteiger partial charge on any atom is 0.306 e. The van der Waals surface area contributed by atoms with Gasteiger partial charge in [0.15, 0.2) is 0 Å². The highest BCUT2D eigenvalue weighted by molar-refractivity contribution is 5.94. The summed E-state index contributed by atoms with van der Waals surface area (Å²) in [5, 5.41) is 11.6. The van der Waals surface area contributed by atoms with Crippen LogP contribution in [0.25, 0.3) is 0 Å². The van der Waals surface area contributed by atoms with Gasteiger partial charge in [0.2, 0.25) is 0 Å². The van der Waals surface area contributed by atoms with Gasteiger partial charge in [0, 0.05) is 17.7 Å². The highest BCUT2D eigenvalue weighted by Crippen LogP contribution is 2.24. The third-order valence-corrected chi connectivity index (χ3v) is 3.54. The summed E-state index contributed by atoms with van der Waals surface area (Å²) < 4.78 is 26.0. The molecule has 1 fully saturated rings. The van der Waals surface area contributed by atoms with E-state index >= 15 is 0 Å². The molecule has 0 atom stereocenters. The average molecular weight is 283 g/mol. The summed E-state index contributed by atoms with van der Waals surface area (Å²) in [4.78, 5) is 22.7. The lowest BCUT2D eigenvalue weighted by Crippen LogP contribution is -2.38. The Hall–Kier alpha value is -1.98. The number of aliphatic carboxylic acids is 1. The van der Waals surface area contributed by atoms with E-state index in [1.54, 1.807) is 0 Å². The fourth-order valence-electron chi connectivity index (χ4n) is 2.44. The number of halogens is 2. The molecule has 0 aliphatic heterocycles. The van der Waals surface area contributed by atoms with Crippen LogP contribution in [0, 0.1) is 17.6 Å². The second-order valence-corrected chi connectivity index (χ2v) is 5.02. The van der Waals surface area contributed by atoms with Gasteiger partial charge in [-0.25, -0.2) is 8.78 Å². The minimum Gasteiger partial charge on any atom is -0.481 e. The molecular formula is C14H15F2NO3. The first-order valence-corrected chi connectivity index (χ1v) is 6.45. The van der Waals surface area contributed by atoms with Crippen molar-refractivity contribution in [2.75, 3.05) is 0 Å². The molecule has 1 amide bonds. The molecule has 1 aliphatic rings. The normalized spacial score (nSPS) is 22.3. The lowest BCUT2D eigenvalue weighted by Gasteiger charge is -2.26. The maximum atomic E-state index is 13.0. The lowest BCUT2D eigenvalue weighted by atomic mass is 9.86. The summed E-state index contributed by atoms with van der Waals surface area (Å²) in [6, 6.07) is 2.50. The van der Waals surface area contributed by atoms with Crippen molar-refractivity contribution in [1.82, 2.24) is 5.32 Å². The fourth-order valence-corrected chi connectivity index (χ4v) is 2.44. The highest BCUT2D eigenvalue weighted by Gasteiger charge is 2.27. The van der Waals surface area contributed by atoms with Gasteiger partial charge in [0.05, 0.1) is 5.92 Å². The van der Waals surface area contributed by atoms with E-state index in [2.05, 4.69) is 5.32 Å². The zero-order valence-electron chi connectivity index (χ0n) is 10.7. The Morgan fingerprint density at radius 2 is 1.60 bits per heavy atom. The molecule has 2 N–H and O–H groups in total. The number of carboxylic acid groups (broad SMARTS) is 1. The molecule has 1 aliphatic carbocycles. The van der Waals surface area contributed by atoms with Gasteiger partial charge in [-0.2, -0.15) is 0 Å². The van der Waals surface area contributed by atoms with Crippen LogP contribution in [0.3, 0.4) is 0 Å². The topological polar surface area (TPSA) is 66.4 Å². The molecule has 1 aromatic rings. The minimum atomic E-state index is -0.818. The van der Waals surface area contributed by atoms with Crippen molar-refractivity contribution in [2.45, 2.75) is 31.7 Å². The summed E-state index contributed by atoms with van der Waals surface area (Å²) in [6.07, 6.45) is 2.11. The summed E-state index contributed by atoms with van der Waals surface area (Å²) in [6.45, 7) is 0. The van der Waals surface area contributed by atoms with Crippen LogP contribution >= 0.6 is 0 Å². The first-order chi connectivity index (χ1) is 9.45. The number of carbonyl (C=O) groups excluding carboxylic acids is 1. The van der Waals surface area contributed by atoms with Crippen LogP contribution in [0.4, 0.5) is 8.78 Å². The quantitative estimate of drug-likeness (QED) is 0.894. The zero-order chi connectivity index (χ0) is 14.7. The Bertz CT molecular complexity index is 505. The second kappa shape index (κ2) is 5.98. The van der Waals surface area contributed by atoms with Gasteiger partial charge in [-0.1, -0.05) is 0 Å². The van der Waals surface area contributed by atoms with Crippen LogP contribution in [0.5, 0.6) is 0 Å². The summed E-state index contributed by atoms with van der Waals surface area (Å²) >= 11 is 0. The second-order valence-electron chi connectivity index (χ2n) is 5.02. The molecule has 0 heterocycles. The minimum absolute atomic E-state index is 0.0668. The van der Waals surface area contributed by atoms with Crippen molar-refractivity contribution in [3.8, 4) is 0 Å². The van der Waals surface area contributed by atoms with Crippen molar-refractivity contribution in [3.05, 3.63) is 35.4 Å². The van der Waals surface area contributed by atoms with Crippen LogP contribution in [0.1, 0.15) is 36.0 Å². The number of hydrogen-bond donors (Lipinski definition) is 2. The predicted octanol–water partition coefficient (Wildman–Crippen LogP) is 2.34. The van der Waals surface area contributed by atoms with E-state index in [-0.39, 0.29) is 17.5 Å². The first kappa shape index (κ1) is 14.4. The van der Waals surface area contributed by atoms with Gasteiger partial charge < -0.3 is 10.4 Å². The molecule has 108 valence electrons. The number of hydrogen-bond acceptors (Lipinski definition) is 2. The largest absolute Gasteiger partial charge is 0.481 e. The molecule has 1 saturated carbocycles. The summed E-state index contributed by atoms with van der Waals surface area (Å²) in [5.74, 6) is -3.33. The molecule has 6 heteroatoms. The third-order valence-electron chi connectivity index (χ3n) is 3.54. The smallest absolute Gasteiger partial charge is 0.306 e. The molecule has 4 nitrogen and oxygen atoms in total. The third kappa shape index (κ3) is 3.53. The Morgan fingerprint density at radius 1 is 1.05 bits per heavy atom. The monoisotopic (exact) mass is 283 g/mol. The SMILES string of the molecule is O=C(NC1CCC(C(=O)O)CC1)c1cc(F)cc(F)c1. The van der Waals surface area contributed by atoms with E-state index in [0.717, 1.165) is 12.1 Å². The number of nitrogens with one attached hydrogen (secondary N) is 1. The van der Waals surface area contributed by atoms with Crippen molar-refractivity contribution < 1.29 is 23.5 Å². The summed E-state index contributed by atoms with van der Waals surface area (Å²) in [5.41, 5.74) is -0.0668. The molecule has 0 spiro atoms. The van der Waals surface area contributed by atoms with Crippen LogP contribution in [0.15, 0.2) is 18.2 Å². The molecule has 2 rings (SSSR count). The van der Waals surface area contributed by atoms with E-state index in [9.17, 15) is 18.4 Å². The molecule has 0 radical (unpaired) electrons. The van der Waals surface area contributed by atoms with E-state index in [4.69, 9.17) is 5.11 Å². The van der Waals surface area contributed by atoms with Crippen LogP contribution in [-0.2, 0) is 4.79 Å². The van der Waals surface area contributed by atoms with Crippen molar-refractivity contribution in [2.24, 2.45) is 5.92 Å². The standard InChI is InChI=1S/C14H15F2NO3/c15-10-5-9(6-11(16)7-10)13(18)17-12-3-1-8(2-4-12)14(19)20/h5-8,12H,1-4H2,(H,17,18)(H,19,20). The number of benzene rings is 1. The van der Waals surface area contributed by atoms with Crippen LogP contribution < -0.4 is 5.32 Å².